The predicted molar refractivity (Wildman–Crippen MR) is 89.8 cm³/mol. The summed E-state index contributed by atoms with van der Waals surface area (Å²) >= 11 is 1.17. The molecule has 3 aromatic rings. The van der Waals surface area contributed by atoms with Crippen LogP contribution in [0.2, 0.25) is 0 Å². The number of hydrogen-bond donors (Lipinski definition) is 3. The zero-order valence-corrected chi connectivity index (χ0v) is 13.7. The van der Waals surface area contributed by atoms with Gasteiger partial charge < -0.3 is 11.1 Å². The lowest BCUT2D eigenvalue weighted by molar-refractivity contribution is -0.113. The van der Waals surface area contributed by atoms with Gasteiger partial charge in [0.05, 0.1) is 12.3 Å². The van der Waals surface area contributed by atoms with Crippen LogP contribution in [0.4, 0.5) is 5.82 Å². The molecular weight excluding hydrogens is 344 g/mol. The smallest absolute Gasteiger partial charge is 0.273 e. The van der Waals surface area contributed by atoms with Gasteiger partial charge >= 0.3 is 0 Å². The number of nitrogens with one attached hydrogen (secondary N) is 2. The van der Waals surface area contributed by atoms with Crippen molar-refractivity contribution in [3.63, 3.8) is 0 Å². The molecule has 128 valence electrons. The molecule has 0 fully saturated rings. The van der Waals surface area contributed by atoms with Crippen molar-refractivity contribution in [2.45, 2.75) is 11.7 Å². The third kappa shape index (κ3) is 4.20. The van der Waals surface area contributed by atoms with Crippen LogP contribution in [0.25, 0.3) is 0 Å². The first-order valence-corrected chi connectivity index (χ1v) is 8.17. The first kappa shape index (κ1) is 16.6. The molecule has 25 heavy (non-hydrogen) atoms. The van der Waals surface area contributed by atoms with E-state index in [2.05, 4.69) is 30.8 Å². The van der Waals surface area contributed by atoms with Crippen molar-refractivity contribution >= 4 is 29.4 Å². The summed E-state index contributed by atoms with van der Waals surface area (Å²) in [7, 11) is 0. The maximum atomic E-state index is 12.2. The molecule has 0 saturated heterocycles. The van der Waals surface area contributed by atoms with Gasteiger partial charge in [-0.3, -0.25) is 14.7 Å². The molecule has 11 heteroatoms. The van der Waals surface area contributed by atoms with Crippen LogP contribution in [0.5, 0.6) is 0 Å². The van der Waals surface area contributed by atoms with Crippen molar-refractivity contribution in [1.29, 1.82) is 0 Å². The molecular formula is C14H14N8O2S. The Morgan fingerprint density at radius 3 is 2.76 bits per heavy atom. The fourth-order valence-corrected chi connectivity index (χ4v) is 2.61. The van der Waals surface area contributed by atoms with E-state index in [1.165, 1.54) is 22.8 Å². The zero-order chi connectivity index (χ0) is 17.6. The number of benzene rings is 1. The Hall–Kier alpha value is -3.21. The minimum Gasteiger partial charge on any atom is -0.364 e. The third-order valence-corrected chi connectivity index (χ3v) is 4.01. The van der Waals surface area contributed by atoms with E-state index in [-0.39, 0.29) is 23.2 Å². The van der Waals surface area contributed by atoms with Crippen molar-refractivity contribution in [2.24, 2.45) is 5.73 Å². The van der Waals surface area contributed by atoms with Gasteiger partial charge in [-0.2, -0.15) is 5.10 Å². The quantitative estimate of drug-likeness (QED) is 0.514. The number of carbonyl (C=O) groups is 2. The van der Waals surface area contributed by atoms with Gasteiger partial charge in [0.1, 0.15) is 6.33 Å². The molecule has 0 bridgehead atoms. The Bertz CT molecular complexity index is 862. The zero-order valence-electron chi connectivity index (χ0n) is 12.9. The monoisotopic (exact) mass is 358 g/mol. The van der Waals surface area contributed by atoms with E-state index in [4.69, 9.17) is 5.73 Å². The number of primary amides is 1. The molecule has 2 heterocycles. The van der Waals surface area contributed by atoms with Crippen LogP contribution in [-0.4, -0.2) is 47.7 Å². The van der Waals surface area contributed by atoms with Gasteiger partial charge in [0.2, 0.25) is 5.91 Å². The molecule has 2 aromatic heterocycles. The largest absolute Gasteiger partial charge is 0.364 e. The standard InChI is InChI=1S/C14H14N8O2S/c15-12(24)11-13(18-10(23)7-25-14-16-8-17-20-14)22(21-19-11)6-9-4-2-1-3-5-9/h1-5,8H,6-7H2,(H2,15,24)(H,18,23)(H,16,17,20). The Morgan fingerprint density at radius 1 is 1.28 bits per heavy atom. The van der Waals surface area contributed by atoms with Gasteiger partial charge in [-0.15, -0.1) is 5.10 Å². The average Bonchev–Trinajstić information content (AvgIpc) is 3.25. The summed E-state index contributed by atoms with van der Waals surface area (Å²) in [6.45, 7) is 0.339. The van der Waals surface area contributed by atoms with E-state index < -0.39 is 5.91 Å². The minimum atomic E-state index is -0.766. The van der Waals surface area contributed by atoms with Gasteiger partial charge in [-0.05, 0) is 5.56 Å². The predicted octanol–water partition coefficient (Wildman–Crippen LogP) is 0.274. The maximum absolute atomic E-state index is 12.2. The lowest BCUT2D eigenvalue weighted by atomic mass is 10.2. The Morgan fingerprint density at radius 2 is 2.08 bits per heavy atom. The third-order valence-electron chi connectivity index (χ3n) is 3.13. The highest BCUT2D eigenvalue weighted by Gasteiger charge is 2.20. The molecule has 0 atom stereocenters. The van der Waals surface area contributed by atoms with Crippen LogP contribution in [0, 0.1) is 0 Å². The van der Waals surface area contributed by atoms with Crippen LogP contribution < -0.4 is 11.1 Å². The SMILES string of the molecule is NC(=O)c1nnn(Cc2ccccc2)c1NC(=O)CSc1ncn[nH]1. The second kappa shape index (κ2) is 7.57. The summed E-state index contributed by atoms with van der Waals surface area (Å²) in [5.41, 5.74) is 6.16. The van der Waals surface area contributed by atoms with Crippen LogP contribution in [0.3, 0.4) is 0 Å². The second-order valence-electron chi connectivity index (χ2n) is 4.92. The van der Waals surface area contributed by atoms with Crippen molar-refractivity contribution < 1.29 is 9.59 Å². The van der Waals surface area contributed by atoms with Gasteiger partial charge in [-0.1, -0.05) is 47.3 Å². The molecule has 0 aliphatic heterocycles. The summed E-state index contributed by atoms with van der Waals surface area (Å²) in [5.74, 6) is -0.873. The van der Waals surface area contributed by atoms with E-state index >= 15 is 0 Å². The highest BCUT2D eigenvalue weighted by atomic mass is 32.2. The first-order chi connectivity index (χ1) is 12.1. The molecule has 3 rings (SSSR count). The number of aromatic nitrogens is 6. The number of nitrogens with zero attached hydrogens (tertiary/aromatic N) is 5. The van der Waals surface area contributed by atoms with Gasteiger partial charge in [-0.25, -0.2) is 9.67 Å². The molecule has 0 spiro atoms. The Kier molecular flexibility index (Phi) is 5.04. The molecule has 0 aliphatic carbocycles. The lowest BCUT2D eigenvalue weighted by Crippen LogP contribution is -2.21. The molecule has 0 unspecified atom stereocenters. The van der Waals surface area contributed by atoms with E-state index in [0.717, 1.165) is 5.56 Å². The number of rotatable bonds is 7. The van der Waals surface area contributed by atoms with Crippen molar-refractivity contribution in [3.05, 3.63) is 47.9 Å². The fraction of sp³-hybridized carbons (Fsp3) is 0.143. The number of amides is 2. The number of anilines is 1. The van der Waals surface area contributed by atoms with Crippen molar-refractivity contribution in [1.82, 2.24) is 30.2 Å². The molecule has 0 saturated carbocycles. The fourth-order valence-electron chi connectivity index (χ4n) is 2.04. The molecule has 0 radical (unpaired) electrons. The van der Waals surface area contributed by atoms with E-state index in [1.807, 2.05) is 30.3 Å². The molecule has 4 N–H and O–H groups in total. The van der Waals surface area contributed by atoms with E-state index in [9.17, 15) is 9.59 Å². The maximum Gasteiger partial charge on any atom is 0.273 e. The number of nitrogens with two attached hydrogens (primary N) is 1. The molecule has 1 aromatic carbocycles. The molecule has 0 aliphatic rings. The Balaban J connectivity index is 1.74. The van der Waals surface area contributed by atoms with Crippen molar-refractivity contribution in [3.8, 4) is 0 Å². The molecule has 10 nitrogen and oxygen atoms in total. The number of hydrogen-bond acceptors (Lipinski definition) is 7. The van der Waals surface area contributed by atoms with Gasteiger partial charge in [0.15, 0.2) is 16.7 Å². The number of thioether (sulfide) groups is 1. The highest BCUT2D eigenvalue weighted by Crippen LogP contribution is 2.16. The average molecular weight is 358 g/mol. The second-order valence-corrected chi connectivity index (χ2v) is 5.89. The highest BCUT2D eigenvalue weighted by molar-refractivity contribution is 7.99. The van der Waals surface area contributed by atoms with Crippen LogP contribution in [0.15, 0.2) is 41.8 Å². The number of aromatic amines is 1. The summed E-state index contributed by atoms with van der Waals surface area (Å²) in [4.78, 5) is 27.6. The first-order valence-electron chi connectivity index (χ1n) is 7.18. The number of H-pyrrole nitrogens is 1. The summed E-state index contributed by atoms with van der Waals surface area (Å²) in [6.07, 6.45) is 1.35. The Labute approximate surface area is 146 Å². The summed E-state index contributed by atoms with van der Waals surface area (Å²) in [5, 5.41) is 17.2. The van der Waals surface area contributed by atoms with Crippen LogP contribution in [-0.2, 0) is 11.3 Å². The van der Waals surface area contributed by atoms with Crippen molar-refractivity contribution in [2.75, 3.05) is 11.1 Å². The van der Waals surface area contributed by atoms with E-state index in [0.29, 0.717) is 11.7 Å². The van der Waals surface area contributed by atoms with E-state index in [1.54, 1.807) is 0 Å². The lowest BCUT2D eigenvalue weighted by Gasteiger charge is -2.08. The number of carbonyl (C=O) groups excluding carboxylic acids is 2. The summed E-state index contributed by atoms with van der Waals surface area (Å²) in [6, 6.07) is 9.46. The van der Waals surface area contributed by atoms with Gasteiger partial charge in [0, 0.05) is 0 Å². The van der Waals surface area contributed by atoms with Gasteiger partial charge in [0.25, 0.3) is 5.91 Å². The normalized spacial score (nSPS) is 10.6. The summed E-state index contributed by atoms with van der Waals surface area (Å²) < 4.78 is 1.42. The molecule has 2 amide bonds. The van der Waals surface area contributed by atoms with Crippen LogP contribution in [0.1, 0.15) is 16.1 Å². The minimum absolute atomic E-state index is 0.0733. The van der Waals surface area contributed by atoms with Crippen LogP contribution >= 0.6 is 11.8 Å². The topological polar surface area (TPSA) is 144 Å².